The quantitative estimate of drug-likeness (QED) is 0.878. The number of carbonyl (C=O) groups is 1. The van der Waals surface area contributed by atoms with Crippen LogP contribution in [0.4, 0.5) is 14.6 Å². The van der Waals surface area contributed by atoms with E-state index >= 15 is 0 Å². The number of aromatic nitrogens is 3. The van der Waals surface area contributed by atoms with E-state index < -0.39 is 18.9 Å². The van der Waals surface area contributed by atoms with Crippen molar-refractivity contribution in [1.29, 1.82) is 0 Å². The van der Waals surface area contributed by atoms with E-state index in [0.29, 0.717) is 0 Å². The molecule has 1 amide bonds. The lowest BCUT2D eigenvalue weighted by atomic mass is 10.4. The van der Waals surface area contributed by atoms with Crippen LogP contribution >= 0.6 is 11.6 Å². The summed E-state index contributed by atoms with van der Waals surface area (Å²) in [4.78, 5) is 19.4. The maximum absolute atomic E-state index is 12.3. The molecule has 0 saturated carbocycles. The highest BCUT2D eigenvalue weighted by Gasteiger charge is 2.14. The van der Waals surface area contributed by atoms with Gasteiger partial charge in [0.05, 0.1) is 6.54 Å². The van der Waals surface area contributed by atoms with Crippen LogP contribution in [0, 0.1) is 0 Å². The minimum Gasteiger partial charge on any atom is -0.338 e. The Kier molecular flexibility index (Phi) is 4.06. The molecule has 100 valence electrons. The summed E-state index contributed by atoms with van der Waals surface area (Å²) < 4.78 is 25.8. The average molecular weight is 287 g/mol. The summed E-state index contributed by atoms with van der Waals surface area (Å²) in [6, 6.07) is 4.32. The van der Waals surface area contributed by atoms with Crippen molar-refractivity contribution in [2.75, 3.05) is 5.32 Å². The second kappa shape index (κ2) is 5.75. The Labute approximate surface area is 112 Å². The average Bonchev–Trinajstić information content (AvgIpc) is 2.76. The van der Waals surface area contributed by atoms with Gasteiger partial charge in [-0.05, 0) is 12.1 Å². The number of carbonyl (C=O) groups excluding carboxylic acids is 1. The van der Waals surface area contributed by atoms with Crippen molar-refractivity contribution >= 4 is 23.3 Å². The van der Waals surface area contributed by atoms with Gasteiger partial charge in [0.15, 0.2) is 0 Å². The third-order valence-electron chi connectivity index (χ3n) is 2.27. The zero-order valence-electron chi connectivity index (χ0n) is 9.55. The predicted octanol–water partition coefficient (Wildman–Crippen LogP) is 2.45. The van der Waals surface area contributed by atoms with Crippen LogP contribution in [-0.2, 0) is 6.54 Å². The van der Waals surface area contributed by atoms with Crippen LogP contribution in [0.25, 0.3) is 0 Å². The molecule has 19 heavy (non-hydrogen) atoms. The van der Waals surface area contributed by atoms with Gasteiger partial charge < -0.3 is 9.88 Å². The third-order valence-corrected chi connectivity index (χ3v) is 2.48. The molecule has 2 aromatic heterocycles. The number of nitrogens with zero attached hydrogens (tertiary/aromatic N) is 3. The highest BCUT2D eigenvalue weighted by atomic mass is 35.5. The van der Waals surface area contributed by atoms with Crippen LogP contribution in [0.1, 0.15) is 10.5 Å². The molecule has 0 aliphatic rings. The van der Waals surface area contributed by atoms with Crippen LogP contribution in [0.3, 0.4) is 0 Å². The van der Waals surface area contributed by atoms with Gasteiger partial charge >= 0.3 is 0 Å². The molecule has 0 atom stereocenters. The highest BCUT2D eigenvalue weighted by molar-refractivity contribution is 6.29. The first-order valence-electron chi connectivity index (χ1n) is 5.28. The molecule has 0 radical (unpaired) electrons. The normalized spacial score (nSPS) is 10.7. The largest absolute Gasteiger partial charge is 0.338 e. The van der Waals surface area contributed by atoms with Crippen molar-refractivity contribution in [3.63, 3.8) is 0 Å². The smallest absolute Gasteiger partial charge is 0.273 e. The van der Waals surface area contributed by atoms with E-state index in [9.17, 15) is 13.6 Å². The second-order valence-corrected chi connectivity index (χ2v) is 4.00. The Bertz CT molecular complexity index is 588. The Hall–Kier alpha value is -2.02. The van der Waals surface area contributed by atoms with Crippen molar-refractivity contribution in [2.24, 2.45) is 0 Å². The number of hydrogen-bond donors (Lipinski definition) is 1. The van der Waals surface area contributed by atoms with E-state index in [1.807, 2.05) is 0 Å². The molecule has 0 unspecified atom stereocenters. The minimum absolute atomic E-state index is 0.120. The van der Waals surface area contributed by atoms with Crippen LogP contribution in [0.2, 0.25) is 5.15 Å². The van der Waals surface area contributed by atoms with Gasteiger partial charge in [-0.2, -0.15) is 0 Å². The summed E-state index contributed by atoms with van der Waals surface area (Å²) in [5.41, 5.74) is 0.120. The Balaban J connectivity index is 2.14. The summed E-state index contributed by atoms with van der Waals surface area (Å²) >= 11 is 5.65. The van der Waals surface area contributed by atoms with Gasteiger partial charge in [-0.15, -0.1) is 0 Å². The molecule has 1 N–H and O–H groups in total. The lowest BCUT2D eigenvalue weighted by Crippen LogP contribution is -2.19. The van der Waals surface area contributed by atoms with Crippen LogP contribution in [-0.4, -0.2) is 26.9 Å². The van der Waals surface area contributed by atoms with Gasteiger partial charge in [0.2, 0.25) is 0 Å². The van der Waals surface area contributed by atoms with Crippen molar-refractivity contribution in [2.45, 2.75) is 13.0 Å². The van der Waals surface area contributed by atoms with E-state index in [4.69, 9.17) is 11.6 Å². The topological polar surface area (TPSA) is 59.8 Å². The lowest BCUT2D eigenvalue weighted by molar-refractivity contribution is 0.0997. The summed E-state index contributed by atoms with van der Waals surface area (Å²) in [6.45, 7) is -0.541. The van der Waals surface area contributed by atoms with E-state index in [2.05, 4.69) is 15.3 Å². The van der Waals surface area contributed by atoms with Crippen LogP contribution in [0.5, 0.6) is 0 Å². The monoisotopic (exact) mass is 286 g/mol. The van der Waals surface area contributed by atoms with E-state index in [-0.39, 0.29) is 16.7 Å². The summed E-state index contributed by atoms with van der Waals surface area (Å²) in [5.74, 6) is -0.338. The molecule has 0 aliphatic heterocycles. The standard InChI is InChI=1S/C11H9ClF2N4O/c12-8-4-10(16-6-15-8)17-11(19)7-2-1-3-18(7)5-9(13)14/h1-4,6,9H,5H2,(H,15,16,17,19). The third kappa shape index (κ3) is 3.47. The van der Waals surface area contributed by atoms with Crippen LogP contribution < -0.4 is 5.32 Å². The molecule has 2 heterocycles. The summed E-state index contributed by atoms with van der Waals surface area (Å²) in [7, 11) is 0. The first-order chi connectivity index (χ1) is 9.06. The van der Waals surface area contributed by atoms with Gasteiger partial charge in [0.25, 0.3) is 12.3 Å². The number of halogens is 3. The number of anilines is 1. The molecule has 0 aliphatic carbocycles. The maximum Gasteiger partial charge on any atom is 0.273 e. The lowest BCUT2D eigenvalue weighted by Gasteiger charge is -2.08. The van der Waals surface area contributed by atoms with Gasteiger partial charge in [0, 0.05) is 12.3 Å². The first kappa shape index (κ1) is 13.4. The Morgan fingerprint density at radius 2 is 2.26 bits per heavy atom. The maximum atomic E-state index is 12.3. The number of rotatable bonds is 4. The zero-order chi connectivity index (χ0) is 13.8. The molecule has 2 rings (SSSR count). The molecule has 0 spiro atoms. The summed E-state index contributed by atoms with van der Waals surface area (Å²) in [6.07, 6.45) is 0.0666. The highest BCUT2D eigenvalue weighted by Crippen LogP contribution is 2.12. The molecule has 2 aromatic rings. The van der Waals surface area contributed by atoms with Crippen LogP contribution in [0.15, 0.2) is 30.7 Å². The fourth-order valence-corrected chi connectivity index (χ4v) is 1.66. The Morgan fingerprint density at radius 3 is 2.95 bits per heavy atom. The van der Waals surface area contributed by atoms with Gasteiger partial charge in [-0.25, -0.2) is 18.7 Å². The number of amides is 1. The number of nitrogens with one attached hydrogen (secondary N) is 1. The zero-order valence-corrected chi connectivity index (χ0v) is 10.3. The van der Waals surface area contributed by atoms with Crippen molar-refractivity contribution in [3.8, 4) is 0 Å². The summed E-state index contributed by atoms with van der Waals surface area (Å²) in [5, 5.41) is 2.63. The number of alkyl halides is 2. The fraction of sp³-hybridized carbons (Fsp3) is 0.182. The van der Waals surface area contributed by atoms with E-state index in [0.717, 1.165) is 0 Å². The van der Waals surface area contributed by atoms with Gasteiger partial charge in [-0.3, -0.25) is 4.79 Å². The van der Waals surface area contributed by atoms with Crippen molar-refractivity contribution in [1.82, 2.24) is 14.5 Å². The molecule has 0 aromatic carbocycles. The van der Waals surface area contributed by atoms with E-state index in [1.54, 1.807) is 0 Å². The number of hydrogen-bond acceptors (Lipinski definition) is 3. The molecule has 0 saturated heterocycles. The molecule has 8 heteroatoms. The SMILES string of the molecule is O=C(Nc1cc(Cl)ncn1)c1cccn1CC(F)F. The van der Waals surface area contributed by atoms with Crippen molar-refractivity contribution in [3.05, 3.63) is 41.6 Å². The second-order valence-electron chi connectivity index (χ2n) is 3.62. The minimum atomic E-state index is -2.53. The van der Waals surface area contributed by atoms with Crippen molar-refractivity contribution < 1.29 is 13.6 Å². The molecule has 5 nitrogen and oxygen atoms in total. The molecule has 0 bridgehead atoms. The molecular formula is C11H9ClF2N4O. The predicted molar refractivity (Wildman–Crippen MR) is 65.4 cm³/mol. The van der Waals surface area contributed by atoms with E-state index in [1.165, 1.54) is 35.3 Å². The first-order valence-corrected chi connectivity index (χ1v) is 5.66. The van der Waals surface area contributed by atoms with Gasteiger partial charge in [0.1, 0.15) is 23.0 Å². The van der Waals surface area contributed by atoms with Gasteiger partial charge in [-0.1, -0.05) is 11.6 Å². The molecule has 0 fully saturated rings. The molecular weight excluding hydrogens is 278 g/mol. The Morgan fingerprint density at radius 1 is 1.47 bits per heavy atom. The fourth-order valence-electron chi connectivity index (χ4n) is 1.51.